The molecule has 3 aromatic carbocycles. The molecule has 0 unspecified atom stereocenters. The normalized spacial score (nSPS) is 10.3. The number of amides is 2. The fourth-order valence-electron chi connectivity index (χ4n) is 3.71. The maximum atomic E-state index is 13.5. The number of ether oxygens (including phenoxy) is 5. The Bertz CT molecular complexity index is 1170. The van der Waals surface area contributed by atoms with E-state index in [1.165, 1.54) is 21.3 Å². The zero-order chi connectivity index (χ0) is 26.8. The third-order valence-electron chi connectivity index (χ3n) is 5.70. The molecule has 0 fully saturated rings. The summed E-state index contributed by atoms with van der Waals surface area (Å²) >= 11 is 0. The molecule has 0 aliphatic heterocycles. The molecule has 0 aliphatic carbocycles. The summed E-state index contributed by atoms with van der Waals surface area (Å²) in [5.74, 6) is 2.15. The van der Waals surface area contributed by atoms with E-state index in [4.69, 9.17) is 23.7 Å². The molecular weight excluding hydrogens is 476 g/mol. The Morgan fingerprint density at radius 1 is 0.703 bits per heavy atom. The van der Waals surface area contributed by atoms with Crippen molar-refractivity contribution >= 4 is 23.2 Å². The number of benzene rings is 3. The maximum Gasteiger partial charge on any atom is 0.227 e. The van der Waals surface area contributed by atoms with Crippen molar-refractivity contribution in [3.8, 4) is 28.7 Å². The van der Waals surface area contributed by atoms with Gasteiger partial charge in [0.1, 0.15) is 11.5 Å². The summed E-state index contributed by atoms with van der Waals surface area (Å²) in [6.07, 6.45) is 0.00318. The minimum absolute atomic E-state index is 0.00516. The summed E-state index contributed by atoms with van der Waals surface area (Å²) in [5, 5.41) is 2.81. The van der Waals surface area contributed by atoms with Crippen LogP contribution < -0.4 is 33.9 Å². The lowest BCUT2D eigenvalue weighted by Crippen LogP contribution is -2.31. The Kier molecular flexibility index (Phi) is 9.60. The van der Waals surface area contributed by atoms with Crippen molar-refractivity contribution in [2.24, 2.45) is 0 Å². The lowest BCUT2D eigenvalue weighted by atomic mass is 10.1. The molecule has 0 saturated carbocycles. The first-order valence-electron chi connectivity index (χ1n) is 11.6. The van der Waals surface area contributed by atoms with Crippen LogP contribution in [-0.4, -0.2) is 47.4 Å². The van der Waals surface area contributed by atoms with Gasteiger partial charge in [-0.25, -0.2) is 0 Å². The number of carbonyl (C=O) groups is 2. The molecule has 37 heavy (non-hydrogen) atoms. The molecule has 3 aromatic rings. The van der Waals surface area contributed by atoms with E-state index in [1.54, 1.807) is 55.5 Å². The minimum atomic E-state index is -0.271. The fourth-order valence-corrected chi connectivity index (χ4v) is 3.71. The quantitative estimate of drug-likeness (QED) is 0.379. The second-order valence-electron chi connectivity index (χ2n) is 7.99. The highest BCUT2D eigenvalue weighted by atomic mass is 16.5. The van der Waals surface area contributed by atoms with Crippen LogP contribution in [0.2, 0.25) is 0 Å². The highest BCUT2D eigenvalue weighted by molar-refractivity contribution is 5.98. The molecule has 9 heteroatoms. The fraction of sp³-hybridized carbons (Fsp3) is 0.286. The number of carbonyl (C=O) groups excluding carboxylic acids is 2. The zero-order valence-electron chi connectivity index (χ0n) is 21.7. The molecule has 0 heterocycles. The molecule has 0 saturated heterocycles. The predicted molar refractivity (Wildman–Crippen MR) is 141 cm³/mol. The Labute approximate surface area is 216 Å². The first-order valence-corrected chi connectivity index (χ1v) is 11.6. The molecule has 3 rings (SSSR count). The van der Waals surface area contributed by atoms with Crippen LogP contribution in [0.4, 0.5) is 11.4 Å². The van der Waals surface area contributed by atoms with Gasteiger partial charge in [-0.05, 0) is 42.0 Å². The van der Waals surface area contributed by atoms with Gasteiger partial charge in [-0.15, -0.1) is 0 Å². The van der Waals surface area contributed by atoms with Crippen LogP contribution in [0.5, 0.6) is 28.7 Å². The number of nitrogens with zero attached hydrogens (tertiary/aromatic N) is 1. The van der Waals surface area contributed by atoms with Crippen LogP contribution in [0.25, 0.3) is 0 Å². The number of rotatable bonds is 12. The summed E-state index contributed by atoms with van der Waals surface area (Å²) in [5.41, 5.74) is 2.05. The smallest absolute Gasteiger partial charge is 0.227 e. The third-order valence-corrected chi connectivity index (χ3v) is 5.70. The maximum absolute atomic E-state index is 13.5. The molecular formula is C28H32N2O7. The highest BCUT2D eigenvalue weighted by Gasteiger charge is 2.22. The topological polar surface area (TPSA) is 95.6 Å². The largest absolute Gasteiger partial charge is 0.497 e. The average molecular weight is 509 g/mol. The van der Waals surface area contributed by atoms with Crippen molar-refractivity contribution in [1.29, 1.82) is 0 Å². The van der Waals surface area contributed by atoms with Crippen LogP contribution in [-0.2, 0) is 16.1 Å². The van der Waals surface area contributed by atoms with E-state index in [-0.39, 0.29) is 31.2 Å². The van der Waals surface area contributed by atoms with Crippen LogP contribution in [0.1, 0.15) is 18.4 Å². The standard InChI is InChI=1S/C28H32N2O7/c1-33-22-10-6-19(7-11-22)18-30(21-16-24(35-3)28(37-5)25(17-21)36-4)27(32)15-14-26(31)29-20-8-12-23(34-2)13-9-20/h6-13,16-17H,14-15,18H2,1-5H3,(H,29,31). The van der Waals surface area contributed by atoms with Gasteiger partial charge < -0.3 is 33.9 Å². The van der Waals surface area contributed by atoms with Gasteiger partial charge in [0.15, 0.2) is 11.5 Å². The predicted octanol–water partition coefficient (Wildman–Crippen LogP) is 4.68. The van der Waals surface area contributed by atoms with Gasteiger partial charge in [0, 0.05) is 30.7 Å². The summed E-state index contributed by atoms with van der Waals surface area (Å²) < 4.78 is 26.8. The van der Waals surface area contributed by atoms with Gasteiger partial charge in [0.05, 0.1) is 47.8 Å². The Morgan fingerprint density at radius 3 is 1.73 bits per heavy atom. The van der Waals surface area contributed by atoms with Gasteiger partial charge >= 0.3 is 0 Å². The monoisotopic (exact) mass is 508 g/mol. The molecule has 0 spiro atoms. The Hall–Kier alpha value is -4.40. The van der Waals surface area contributed by atoms with Gasteiger partial charge in [0.2, 0.25) is 17.6 Å². The first kappa shape index (κ1) is 27.2. The lowest BCUT2D eigenvalue weighted by molar-refractivity contribution is -0.122. The third kappa shape index (κ3) is 7.07. The van der Waals surface area contributed by atoms with E-state index < -0.39 is 0 Å². The number of hydrogen-bond acceptors (Lipinski definition) is 7. The molecule has 196 valence electrons. The molecule has 0 atom stereocenters. The minimum Gasteiger partial charge on any atom is -0.497 e. The molecule has 2 amide bonds. The Balaban J connectivity index is 1.82. The molecule has 0 aliphatic rings. The van der Waals surface area contributed by atoms with Crippen LogP contribution >= 0.6 is 0 Å². The van der Waals surface area contributed by atoms with E-state index >= 15 is 0 Å². The van der Waals surface area contributed by atoms with E-state index in [0.29, 0.717) is 40.1 Å². The van der Waals surface area contributed by atoms with E-state index in [2.05, 4.69) is 5.32 Å². The number of hydrogen-bond donors (Lipinski definition) is 1. The zero-order valence-corrected chi connectivity index (χ0v) is 21.7. The summed E-state index contributed by atoms with van der Waals surface area (Å²) in [6, 6.07) is 17.8. The van der Waals surface area contributed by atoms with Gasteiger partial charge in [-0.1, -0.05) is 12.1 Å². The molecule has 9 nitrogen and oxygen atoms in total. The number of anilines is 2. The highest BCUT2D eigenvalue weighted by Crippen LogP contribution is 2.41. The van der Waals surface area contributed by atoms with Crippen LogP contribution in [0.3, 0.4) is 0 Å². The van der Waals surface area contributed by atoms with Crippen molar-refractivity contribution in [3.63, 3.8) is 0 Å². The van der Waals surface area contributed by atoms with Crippen molar-refractivity contribution in [2.45, 2.75) is 19.4 Å². The summed E-state index contributed by atoms with van der Waals surface area (Å²) in [4.78, 5) is 27.6. The first-order chi connectivity index (χ1) is 17.9. The van der Waals surface area contributed by atoms with Crippen molar-refractivity contribution in [2.75, 3.05) is 45.8 Å². The van der Waals surface area contributed by atoms with E-state index in [0.717, 1.165) is 5.56 Å². The molecule has 0 radical (unpaired) electrons. The second kappa shape index (κ2) is 13.1. The molecule has 1 N–H and O–H groups in total. The average Bonchev–Trinajstić information content (AvgIpc) is 2.94. The van der Waals surface area contributed by atoms with Gasteiger partial charge in [-0.2, -0.15) is 0 Å². The summed E-state index contributed by atoms with van der Waals surface area (Å²) in [7, 11) is 7.71. The second-order valence-corrected chi connectivity index (χ2v) is 7.99. The number of nitrogens with one attached hydrogen (secondary N) is 1. The number of methoxy groups -OCH3 is 5. The Morgan fingerprint density at radius 2 is 1.24 bits per heavy atom. The molecule has 0 bridgehead atoms. The molecule has 0 aromatic heterocycles. The lowest BCUT2D eigenvalue weighted by Gasteiger charge is -2.25. The van der Waals surface area contributed by atoms with Crippen LogP contribution in [0, 0.1) is 0 Å². The van der Waals surface area contributed by atoms with Crippen molar-refractivity contribution < 1.29 is 33.3 Å². The van der Waals surface area contributed by atoms with Gasteiger partial charge in [0.25, 0.3) is 0 Å². The van der Waals surface area contributed by atoms with Crippen molar-refractivity contribution in [1.82, 2.24) is 0 Å². The van der Waals surface area contributed by atoms with E-state index in [1.807, 2.05) is 24.3 Å². The van der Waals surface area contributed by atoms with Crippen molar-refractivity contribution in [3.05, 3.63) is 66.2 Å². The van der Waals surface area contributed by atoms with Gasteiger partial charge in [-0.3, -0.25) is 9.59 Å². The van der Waals surface area contributed by atoms with Crippen LogP contribution in [0.15, 0.2) is 60.7 Å². The van der Waals surface area contributed by atoms with E-state index in [9.17, 15) is 9.59 Å². The SMILES string of the molecule is COc1ccc(CN(C(=O)CCC(=O)Nc2ccc(OC)cc2)c2cc(OC)c(OC)c(OC)c2)cc1. The summed E-state index contributed by atoms with van der Waals surface area (Å²) in [6.45, 7) is 0.265.